The number of para-hydroxylation sites is 1. The van der Waals surface area contributed by atoms with Crippen molar-refractivity contribution < 1.29 is 0 Å². The van der Waals surface area contributed by atoms with E-state index in [0.717, 1.165) is 27.0 Å². The van der Waals surface area contributed by atoms with Gasteiger partial charge in [0.15, 0.2) is 0 Å². The first-order valence-electron chi connectivity index (χ1n) is 6.84. The fourth-order valence-electron chi connectivity index (χ4n) is 2.05. The Bertz CT molecular complexity index is 762. The maximum Gasteiger partial charge on any atom is 0.136 e. The predicted octanol–water partition coefficient (Wildman–Crippen LogP) is 5.19. The average molecular weight is 318 g/mol. The minimum Gasteiger partial charge on any atom is -0.349 e. The lowest BCUT2D eigenvalue weighted by Crippen LogP contribution is -2.01. The zero-order valence-corrected chi connectivity index (χ0v) is 13.7. The lowest BCUT2D eigenvalue weighted by molar-refractivity contribution is 0.747. The number of halogens is 1. The lowest BCUT2D eigenvalue weighted by atomic mass is 10.2. The fourth-order valence-corrected chi connectivity index (χ4v) is 3.23. The van der Waals surface area contributed by atoms with E-state index in [0.29, 0.717) is 5.15 Å². The molecule has 0 aliphatic heterocycles. The molecule has 108 valence electrons. The highest BCUT2D eigenvalue weighted by atomic mass is 35.5. The first-order chi connectivity index (χ1) is 10.0. The summed E-state index contributed by atoms with van der Waals surface area (Å²) in [6.45, 7) is 6.09. The summed E-state index contributed by atoms with van der Waals surface area (Å²) in [4.78, 5) is 12.4. The van der Waals surface area contributed by atoms with Crippen molar-refractivity contribution in [3.63, 3.8) is 0 Å². The predicted molar refractivity (Wildman–Crippen MR) is 88.3 cm³/mol. The lowest BCUT2D eigenvalue weighted by Gasteiger charge is -2.10. The van der Waals surface area contributed by atoms with E-state index >= 15 is 0 Å². The molecule has 0 aliphatic carbocycles. The van der Waals surface area contributed by atoms with Crippen LogP contribution >= 0.6 is 23.4 Å². The van der Waals surface area contributed by atoms with Gasteiger partial charge in [-0.2, -0.15) is 0 Å². The van der Waals surface area contributed by atoms with Crippen molar-refractivity contribution in [2.75, 3.05) is 0 Å². The third-order valence-corrected chi connectivity index (χ3v) is 4.69. The van der Waals surface area contributed by atoms with Crippen molar-refractivity contribution in [3.8, 4) is 0 Å². The SMILES string of the molecule is Cc1c(Cl)nc(C(C)C)nc1Sc1cc2ccccc2[nH]1. The van der Waals surface area contributed by atoms with Crippen molar-refractivity contribution in [3.05, 3.63) is 46.9 Å². The van der Waals surface area contributed by atoms with Gasteiger partial charge in [-0.3, -0.25) is 0 Å². The summed E-state index contributed by atoms with van der Waals surface area (Å²) in [6.07, 6.45) is 0. The van der Waals surface area contributed by atoms with Crippen molar-refractivity contribution in [1.29, 1.82) is 0 Å². The van der Waals surface area contributed by atoms with Gasteiger partial charge in [-0.15, -0.1) is 0 Å². The Morgan fingerprint density at radius 2 is 1.95 bits per heavy atom. The van der Waals surface area contributed by atoms with Gasteiger partial charge in [-0.25, -0.2) is 9.97 Å². The Kier molecular flexibility index (Phi) is 3.91. The number of benzene rings is 1. The number of fused-ring (bicyclic) bond motifs is 1. The van der Waals surface area contributed by atoms with Crippen LogP contribution in [0.4, 0.5) is 0 Å². The van der Waals surface area contributed by atoms with Gasteiger partial charge in [-0.1, -0.05) is 55.4 Å². The number of nitrogens with one attached hydrogen (secondary N) is 1. The van der Waals surface area contributed by atoms with E-state index in [1.165, 1.54) is 5.39 Å². The zero-order valence-electron chi connectivity index (χ0n) is 12.1. The molecule has 3 nitrogen and oxygen atoms in total. The summed E-state index contributed by atoms with van der Waals surface area (Å²) < 4.78 is 0. The molecule has 0 saturated carbocycles. The first kappa shape index (κ1) is 14.4. The van der Waals surface area contributed by atoms with Crippen LogP contribution in [-0.2, 0) is 0 Å². The number of hydrogen-bond donors (Lipinski definition) is 1. The van der Waals surface area contributed by atoms with Crippen LogP contribution in [0.2, 0.25) is 5.15 Å². The Hall–Kier alpha value is -1.52. The number of H-pyrrole nitrogens is 1. The standard InChI is InChI=1S/C16H16ClN3S/c1-9(2)15-19-14(17)10(3)16(20-15)21-13-8-11-6-4-5-7-12(11)18-13/h4-9,18H,1-3H3. The summed E-state index contributed by atoms with van der Waals surface area (Å²) in [5, 5.41) is 3.70. The second-order valence-electron chi connectivity index (χ2n) is 5.28. The minimum atomic E-state index is 0.255. The summed E-state index contributed by atoms with van der Waals surface area (Å²) in [7, 11) is 0. The molecule has 0 aliphatic rings. The van der Waals surface area contributed by atoms with E-state index in [4.69, 9.17) is 11.6 Å². The van der Waals surface area contributed by atoms with Crippen LogP contribution < -0.4 is 0 Å². The molecule has 0 unspecified atom stereocenters. The second-order valence-corrected chi connectivity index (χ2v) is 6.67. The van der Waals surface area contributed by atoms with Crippen LogP contribution in [-0.4, -0.2) is 15.0 Å². The Balaban J connectivity index is 2.00. The number of rotatable bonds is 3. The highest BCUT2D eigenvalue weighted by Crippen LogP contribution is 2.33. The molecule has 3 aromatic rings. The molecule has 0 atom stereocenters. The molecule has 0 saturated heterocycles. The highest BCUT2D eigenvalue weighted by molar-refractivity contribution is 7.99. The summed E-state index contributed by atoms with van der Waals surface area (Å²) in [5.74, 6) is 1.04. The Morgan fingerprint density at radius 1 is 1.19 bits per heavy atom. The molecule has 5 heteroatoms. The third-order valence-electron chi connectivity index (χ3n) is 3.29. The highest BCUT2D eigenvalue weighted by Gasteiger charge is 2.13. The number of aromatic nitrogens is 3. The molecule has 0 amide bonds. The largest absolute Gasteiger partial charge is 0.349 e. The van der Waals surface area contributed by atoms with Crippen molar-refractivity contribution in [2.45, 2.75) is 36.7 Å². The van der Waals surface area contributed by atoms with E-state index < -0.39 is 0 Å². The molecule has 2 heterocycles. The molecule has 0 fully saturated rings. The van der Waals surface area contributed by atoms with Gasteiger partial charge in [0, 0.05) is 22.4 Å². The summed E-state index contributed by atoms with van der Waals surface area (Å²) in [5.41, 5.74) is 2.05. The van der Waals surface area contributed by atoms with E-state index in [1.807, 2.05) is 19.1 Å². The van der Waals surface area contributed by atoms with Crippen LogP contribution in [0, 0.1) is 6.92 Å². The van der Waals surface area contributed by atoms with E-state index in [-0.39, 0.29) is 5.92 Å². The van der Waals surface area contributed by atoms with Gasteiger partial charge in [0.1, 0.15) is 16.0 Å². The van der Waals surface area contributed by atoms with E-state index in [9.17, 15) is 0 Å². The summed E-state index contributed by atoms with van der Waals surface area (Å²) >= 11 is 7.83. The fraction of sp³-hybridized carbons (Fsp3) is 0.250. The summed E-state index contributed by atoms with van der Waals surface area (Å²) in [6, 6.07) is 10.4. The Labute approximate surface area is 133 Å². The maximum atomic E-state index is 6.23. The topological polar surface area (TPSA) is 41.6 Å². The molecule has 0 spiro atoms. The molecule has 21 heavy (non-hydrogen) atoms. The molecular formula is C16H16ClN3S. The number of nitrogens with zero attached hydrogens (tertiary/aromatic N) is 2. The zero-order chi connectivity index (χ0) is 15.0. The molecular weight excluding hydrogens is 302 g/mol. The van der Waals surface area contributed by atoms with E-state index in [1.54, 1.807) is 11.8 Å². The van der Waals surface area contributed by atoms with Gasteiger partial charge < -0.3 is 4.98 Å². The minimum absolute atomic E-state index is 0.255. The molecule has 1 N–H and O–H groups in total. The van der Waals surface area contributed by atoms with Gasteiger partial charge in [0.25, 0.3) is 0 Å². The quantitative estimate of drug-likeness (QED) is 0.675. The number of aromatic amines is 1. The van der Waals surface area contributed by atoms with Gasteiger partial charge >= 0.3 is 0 Å². The van der Waals surface area contributed by atoms with Gasteiger partial charge in [0.2, 0.25) is 0 Å². The van der Waals surface area contributed by atoms with Crippen molar-refractivity contribution in [2.24, 2.45) is 0 Å². The maximum absolute atomic E-state index is 6.23. The van der Waals surface area contributed by atoms with Crippen LogP contribution in [0.15, 0.2) is 40.4 Å². The third kappa shape index (κ3) is 2.92. The first-order valence-corrected chi connectivity index (χ1v) is 8.03. The van der Waals surface area contributed by atoms with Crippen molar-refractivity contribution >= 4 is 34.3 Å². The molecule has 1 aromatic carbocycles. The van der Waals surface area contributed by atoms with Crippen LogP contribution in [0.25, 0.3) is 10.9 Å². The van der Waals surface area contributed by atoms with Crippen LogP contribution in [0.3, 0.4) is 0 Å². The molecule has 0 bridgehead atoms. The Morgan fingerprint density at radius 3 is 2.67 bits per heavy atom. The second kappa shape index (κ2) is 5.70. The normalized spacial score (nSPS) is 11.5. The molecule has 3 rings (SSSR count). The van der Waals surface area contributed by atoms with Crippen LogP contribution in [0.5, 0.6) is 0 Å². The molecule has 2 aromatic heterocycles. The smallest absolute Gasteiger partial charge is 0.136 e. The average Bonchev–Trinajstić information content (AvgIpc) is 2.85. The van der Waals surface area contributed by atoms with Crippen LogP contribution in [0.1, 0.15) is 31.2 Å². The van der Waals surface area contributed by atoms with Gasteiger partial charge in [0.05, 0.1) is 5.03 Å². The molecule has 0 radical (unpaired) electrons. The van der Waals surface area contributed by atoms with Gasteiger partial charge in [-0.05, 0) is 19.1 Å². The van der Waals surface area contributed by atoms with Crippen molar-refractivity contribution in [1.82, 2.24) is 15.0 Å². The number of hydrogen-bond acceptors (Lipinski definition) is 3. The van der Waals surface area contributed by atoms with E-state index in [2.05, 4.69) is 47.0 Å². The monoisotopic (exact) mass is 317 g/mol.